The first-order valence-corrected chi connectivity index (χ1v) is 9.72. The van der Waals surface area contributed by atoms with Crippen LogP contribution in [0.25, 0.3) is 0 Å². The van der Waals surface area contributed by atoms with Crippen molar-refractivity contribution in [3.05, 3.63) is 90.0 Å². The van der Waals surface area contributed by atoms with Gasteiger partial charge in [-0.15, -0.1) is 0 Å². The zero-order valence-electron chi connectivity index (χ0n) is 16.5. The predicted molar refractivity (Wildman–Crippen MR) is 112 cm³/mol. The summed E-state index contributed by atoms with van der Waals surface area (Å²) in [5.74, 6) is -0.356. The number of nitrogens with one attached hydrogen (secondary N) is 2. The Morgan fingerprint density at radius 2 is 1.79 bits per heavy atom. The molecule has 6 nitrogen and oxygen atoms in total. The number of aromatic nitrogens is 2. The van der Waals surface area contributed by atoms with Gasteiger partial charge in [0.1, 0.15) is 6.04 Å². The van der Waals surface area contributed by atoms with Crippen LogP contribution in [0.2, 0.25) is 0 Å². The van der Waals surface area contributed by atoms with Crippen LogP contribution in [-0.4, -0.2) is 34.0 Å². The Morgan fingerprint density at radius 3 is 2.48 bits per heavy atom. The van der Waals surface area contributed by atoms with Crippen LogP contribution < -0.4 is 10.6 Å². The number of carbonyl (C=O) groups is 2. The molecule has 3 aromatic rings. The van der Waals surface area contributed by atoms with Crippen LogP contribution in [-0.2, 0) is 29.0 Å². The van der Waals surface area contributed by atoms with Crippen LogP contribution in [0, 0.1) is 6.92 Å². The number of aryl methyl sites for hydroxylation is 1. The minimum atomic E-state index is -0.627. The lowest BCUT2D eigenvalue weighted by molar-refractivity contribution is -0.128. The Bertz CT molecular complexity index is 906. The number of hydrogen-bond donors (Lipinski definition) is 2. The molecule has 0 aliphatic carbocycles. The van der Waals surface area contributed by atoms with E-state index < -0.39 is 6.04 Å². The van der Waals surface area contributed by atoms with Gasteiger partial charge in [-0.05, 0) is 18.1 Å². The van der Waals surface area contributed by atoms with Crippen LogP contribution >= 0.6 is 0 Å². The quantitative estimate of drug-likeness (QED) is 0.589. The minimum Gasteiger partial charge on any atom is -0.353 e. The van der Waals surface area contributed by atoms with Gasteiger partial charge in [0.05, 0.1) is 12.7 Å². The highest BCUT2D eigenvalue weighted by Gasteiger charge is 2.21. The fourth-order valence-corrected chi connectivity index (χ4v) is 3.05. The Kier molecular flexibility index (Phi) is 7.16. The van der Waals surface area contributed by atoms with Gasteiger partial charge < -0.3 is 15.2 Å². The summed E-state index contributed by atoms with van der Waals surface area (Å²) in [6, 6.07) is 16.9. The van der Waals surface area contributed by atoms with Gasteiger partial charge in [0.2, 0.25) is 11.8 Å². The lowest BCUT2D eigenvalue weighted by Gasteiger charge is -2.19. The summed E-state index contributed by atoms with van der Waals surface area (Å²) >= 11 is 0. The summed E-state index contributed by atoms with van der Waals surface area (Å²) in [6.07, 6.45) is 5.94. The third-order valence-corrected chi connectivity index (χ3v) is 4.65. The van der Waals surface area contributed by atoms with E-state index in [1.807, 2.05) is 72.3 Å². The normalized spacial score (nSPS) is 11.6. The van der Waals surface area contributed by atoms with Crippen molar-refractivity contribution in [1.29, 1.82) is 0 Å². The van der Waals surface area contributed by atoms with Gasteiger partial charge >= 0.3 is 0 Å². The first-order valence-electron chi connectivity index (χ1n) is 9.72. The second-order valence-corrected chi connectivity index (χ2v) is 7.06. The fourth-order valence-electron chi connectivity index (χ4n) is 3.05. The van der Waals surface area contributed by atoms with Gasteiger partial charge in [-0.3, -0.25) is 9.59 Å². The summed E-state index contributed by atoms with van der Waals surface area (Å²) in [5, 5.41) is 5.82. The van der Waals surface area contributed by atoms with Gasteiger partial charge in [-0.25, -0.2) is 4.98 Å². The molecule has 0 spiro atoms. The van der Waals surface area contributed by atoms with E-state index in [9.17, 15) is 9.59 Å². The molecule has 6 heteroatoms. The highest BCUT2D eigenvalue weighted by molar-refractivity contribution is 5.88. The molecule has 1 aromatic heterocycles. The molecule has 2 amide bonds. The molecule has 1 atom stereocenters. The van der Waals surface area contributed by atoms with Gasteiger partial charge in [0.15, 0.2) is 0 Å². The van der Waals surface area contributed by atoms with Crippen molar-refractivity contribution in [3.63, 3.8) is 0 Å². The molecule has 3 rings (SSSR count). The number of carbonyl (C=O) groups excluding carboxylic acids is 2. The van der Waals surface area contributed by atoms with Crippen molar-refractivity contribution < 1.29 is 9.59 Å². The zero-order chi connectivity index (χ0) is 20.5. The van der Waals surface area contributed by atoms with Gasteiger partial charge in [0.25, 0.3) is 0 Å². The maximum absolute atomic E-state index is 12.8. The first-order chi connectivity index (χ1) is 14.1. The summed E-state index contributed by atoms with van der Waals surface area (Å²) < 4.78 is 1.89. The molecular formula is C23H26N4O2. The molecule has 2 aromatic carbocycles. The standard InChI is InChI=1S/C23H26N4O2/c1-18-7-9-20(10-8-18)16-22(28)26-21(15-19-5-3-2-4-6-19)23(29)25-12-14-27-13-11-24-17-27/h2-11,13,17,21H,12,14-16H2,1H3,(H,25,29)(H,26,28)/t21-/m0/s1. The highest BCUT2D eigenvalue weighted by atomic mass is 16.2. The molecule has 150 valence electrons. The molecule has 0 fully saturated rings. The van der Waals surface area contributed by atoms with E-state index in [-0.39, 0.29) is 18.2 Å². The molecule has 0 unspecified atom stereocenters. The van der Waals surface area contributed by atoms with E-state index in [1.54, 1.807) is 12.5 Å². The third-order valence-electron chi connectivity index (χ3n) is 4.65. The summed E-state index contributed by atoms with van der Waals surface area (Å²) in [6.45, 7) is 3.10. The summed E-state index contributed by atoms with van der Waals surface area (Å²) in [4.78, 5) is 29.3. The topological polar surface area (TPSA) is 76.0 Å². The molecule has 0 saturated heterocycles. The Hall–Kier alpha value is -3.41. The van der Waals surface area contributed by atoms with Crippen LogP contribution in [0.3, 0.4) is 0 Å². The average Bonchev–Trinajstić information content (AvgIpc) is 3.23. The number of amides is 2. The van der Waals surface area contributed by atoms with E-state index in [4.69, 9.17) is 0 Å². The summed E-state index contributed by atoms with van der Waals surface area (Å²) in [7, 11) is 0. The van der Waals surface area contributed by atoms with Crippen LogP contribution in [0.1, 0.15) is 16.7 Å². The maximum Gasteiger partial charge on any atom is 0.242 e. The largest absolute Gasteiger partial charge is 0.353 e. The van der Waals surface area contributed by atoms with E-state index in [0.717, 1.165) is 16.7 Å². The molecule has 0 saturated carbocycles. The smallest absolute Gasteiger partial charge is 0.242 e. The van der Waals surface area contributed by atoms with Crippen molar-refractivity contribution in [2.24, 2.45) is 0 Å². The summed E-state index contributed by atoms with van der Waals surface area (Å²) in [5.41, 5.74) is 3.07. The number of hydrogen-bond acceptors (Lipinski definition) is 3. The molecule has 0 aliphatic heterocycles. The van der Waals surface area contributed by atoms with Crippen molar-refractivity contribution >= 4 is 11.8 Å². The van der Waals surface area contributed by atoms with Crippen molar-refractivity contribution in [1.82, 2.24) is 20.2 Å². The van der Waals surface area contributed by atoms with E-state index in [0.29, 0.717) is 19.5 Å². The monoisotopic (exact) mass is 390 g/mol. The molecule has 0 radical (unpaired) electrons. The van der Waals surface area contributed by atoms with Crippen LogP contribution in [0.15, 0.2) is 73.3 Å². The average molecular weight is 390 g/mol. The minimum absolute atomic E-state index is 0.167. The lowest BCUT2D eigenvalue weighted by atomic mass is 10.0. The van der Waals surface area contributed by atoms with E-state index in [2.05, 4.69) is 15.6 Å². The lowest BCUT2D eigenvalue weighted by Crippen LogP contribution is -2.49. The molecular weight excluding hydrogens is 364 g/mol. The first kappa shape index (κ1) is 20.3. The van der Waals surface area contributed by atoms with Crippen LogP contribution in [0.5, 0.6) is 0 Å². The third kappa shape index (κ3) is 6.60. The van der Waals surface area contributed by atoms with E-state index in [1.165, 1.54) is 0 Å². The van der Waals surface area contributed by atoms with Crippen LogP contribution in [0.4, 0.5) is 0 Å². The zero-order valence-corrected chi connectivity index (χ0v) is 16.5. The molecule has 0 bridgehead atoms. The Labute approximate surface area is 171 Å². The fraction of sp³-hybridized carbons (Fsp3) is 0.261. The molecule has 29 heavy (non-hydrogen) atoms. The SMILES string of the molecule is Cc1ccc(CC(=O)N[C@@H](Cc2ccccc2)C(=O)NCCn2ccnc2)cc1. The second kappa shape index (κ2) is 10.2. The number of nitrogens with zero attached hydrogens (tertiary/aromatic N) is 2. The van der Waals surface area contributed by atoms with E-state index >= 15 is 0 Å². The molecule has 1 heterocycles. The van der Waals surface area contributed by atoms with Gasteiger partial charge in [0, 0.05) is 31.9 Å². The van der Waals surface area contributed by atoms with Crippen molar-refractivity contribution in [3.8, 4) is 0 Å². The molecule has 2 N–H and O–H groups in total. The number of rotatable bonds is 9. The highest BCUT2D eigenvalue weighted by Crippen LogP contribution is 2.06. The Morgan fingerprint density at radius 1 is 1.03 bits per heavy atom. The van der Waals surface area contributed by atoms with Crippen molar-refractivity contribution in [2.75, 3.05) is 6.54 Å². The molecule has 0 aliphatic rings. The number of benzene rings is 2. The van der Waals surface area contributed by atoms with Gasteiger partial charge in [-0.1, -0.05) is 60.2 Å². The Balaban J connectivity index is 1.60. The van der Waals surface area contributed by atoms with Crippen molar-refractivity contribution in [2.45, 2.75) is 32.4 Å². The second-order valence-electron chi connectivity index (χ2n) is 7.06. The number of imidazole rings is 1. The predicted octanol–water partition coefficient (Wildman–Crippen LogP) is 2.28. The van der Waals surface area contributed by atoms with Gasteiger partial charge in [-0.2, -0.15) is 0 Å². The maximum atomic E-state index is 12.8.